The first-order valence-corrected chi connectivity index (χ1v) is 8.37. The predicted octanol–water partition coefficient (Wildman–Crippen LogP) is 2.63. The molecule has 0 aromatic carbocycles. The monoisotopic (exact) mass is 293 g/mol. The predicted molar refractivity (Wildman–Crippen MR) is 85.1 cm³/mol. The lowest BCUT2D eigenvalue weighted by Crippen LogP contribution is -2.38. The van der Waals surface area contributed by atoms with E-state index in [4.69, 9.17) is 5.73 Å². The fourth-order valence-electron chi connectivity index (χ4n) is 2.68. The van der Waals surface area contributed by atoms with Crippen molar-refractivity contribution in [1.29, 1.82) is 0 Å². The van der Waals surface area contributed by atoms with Gasteiger partial charge in [0.25, 0.3) is 5.91 Å². The van der Waals surface area contributed by atoms with Crippen molar-refractivity contribution in [3.05, 3.63) is 23.4 Å². The Kier molecular flexibility index (Phi) is 5.29. The molecule has 3 N–H and O–H groups in total. The smallest absolute Gasteiger partial charge is 0.251 e. The van der Waals surface area contributed by atoms with E-state index in [1.54, 1.807) is 6.07 Å². The number of aromatic nitrogens is 1. The van der Waals surface area contributed by atoms with Crippen molar-refractivity contribution in [2.75, 3.05) is 11.5 Å². The van der Waals surface area contributed by atoms with Crippen molar-refractivity contribution in [3.8, 4) is 0 Å². The fraction of sp³-hybridized carbons (Fsp3) is 0.600. The zero-order valence-corrected chi connectivity index (χ0v) is 13.0. The molecule has 4 nitrogen and oxygen atoms in total. The number of nitrogen functional groups attached to an aromatic ring is 1. The molecule has 0 aliphatic heterocycles. The summed E-state index contributed by atoms with van der Waals surface area (Å²) in [7, 11) is 0. The highest BCUT2D eigenvalue weighted by atomic mass is 32.2. The van der Waals surface area contributed by atoms with Crippen molar-refractivity contribution >= 4 is 23.5 Å². The molecule has 2 atom stereocenters. The van der Waals surface area contributed by atoms with Gasteiger partial charge in [-0.05, 0) is 37.1 Å². The molecule has 0 radical (unpaired) electrons. The van der Waals surface area contributed by atoms with Gasteiger partial charge in [0, 0.05) is 22.5 Å². The summed E-state index contributed by atoms with van der Waals surface area (Å²) in [5.74, 6) is 1.49. The number of pyridine rings is 1. The van der Waals surface area contributed by atoms with E-state index < -0.39 is 0 Å². The lowest BCUT2D eigenvalue weighted by Gasteiger charge is -2.20. The van der Waals surface area contributed by atoms with Crippen molar-refractivity contribution in [3.63, 3.8) is 0 Å². The molecule has 110 valence electrons. The van der Waals surface area contributed by atoms with Crippen LogP contribution in [-0.2, 0) is 6.42 Å². The van der Waals surface area contributed by atoms with Crippen LogP contribution in [-0.4, -0.2) is 27.9 Å². The van der Waals surface area contributed by atoms with E-state index in [0.29, 0.717) is 16.6 Å². The Morgan fingerprint density at radius 3 is 2.95 bits per heavy atom. The van der Waals surface area contributed by atoms with E-state index in [-0.39, 0.29) is 11.9 Å². The topological polar surface area (TPSA) is 68.0 Å². The molecule has 1 aromatic heterocycles. The number of carbonyl (C=O) groups excluding carboxylic acids is 1. The Morgan fingerprint density at radius 1 is 1.45 bits per heavy atom. The number of nitrogens with zero attached hydrogens (tertiary/aromatic N) is 1. The normalized spacial score (nSPS) is 21.9. The Bertz CT molecular complexity index is 478. The summed E-state index contributed by atoms with van der Waals surface area (Å²) >= 11 is 1.94. The number of thioether (sulfide) groups is 1. The molecule has 0 saturated heterocycles. The van der Waals surface area contributed by atoms with E-state index in [0.717, 1.165) is 24.3 Å². The number of hydrogen-bond donors (Lipinski definition) is 2. The molecule has 1 heterocycles. The van der Waals surface area contributed by atoms with Crippen LogP contribution in [0.15, 0.2) is 12.1 Å². The standard InChI is InChI=1S/C15H23N3OS/c1-3-11-8-10(9-14(16)17-11)15(19)18-12-6-5-7-13(12)20-4-2/h8-9,12-13H,3-7H2,1-2H3,(H2,16,17)(H,18,19). The Balaban J connectivity index is 2.06. The number of carbonyl (C=O) groups is 1. The summed E-state index contributed by atoms with van der Waals surface area (Å²) < 4.78 is 0. The van der Waals surface area contributed by atoms with Gasteiger partial charge in [0.05, 0.1) is 0 Å². The van der Waals surface area contributed by atoms with Crippen LogP contribution in [0.5, 0.6) is 0 Å². The van der Waals surface area contributed by atoms with Crippen LogP contribution >= 0.6 is 11.8 Å². The summed E-state index contributed by atoms with van der Waals surface area (Å²) in [6.45, 7) is 4.17. The number of aryl methyl sites for hydroxylation is 1. The first kappa shape index (κ1) is 15.2. The number of rotatable bonds is 5. The zero-order chi connectivity index (χ0) is 14.5. The fourth-order valence-corrected chi connectivity index (χ4v) is 3.88. The zero-order valence-electron chi connectivity index (χ0n) is 12.2. The molecular formula is C15H23N3OS. The highest BCUT2D eigenvalue weighted by Crippen LogP contribution is 2.30. The molecule has 1 saturated carbocycles. The molecule has 5 heteroatoms. The Hall–Kier alpha value is -1.23. The molecule has 0 bridgehead atoms. The second kappa shape index (κ2) is 6.97. The van der Waals surface area contributed by atoms with Gasteiger partial charge in [-0.3, -0.25) is 4.79 Å². The average molecular weight is 293 g/mol. The number of nitrogens with two attached hydrogens (primary N) is 1. The van der Waals surface area contributed by atoms with Gasteiger partial charge in [0.2, 0.25) is 0 Å². The maximum Gasteiger partial charge on any atom is 0.251 e. The van der Waals surface area contributed by atoms with Gasteiger partial charge in [-0.25, -0.2) is 4.98 Å². The number of anilines is 1. The highest BCUT2D eigenvalue weighted by Gasteiger charge is 2.28. The van der Waals surface area contributed by atoms with E-state index >= 15 is 0 Å². The number of amides is 1. The second-order valence-corrected chi connectivity index (χ2v) is 6.65. The van der Waals surface area contributed by atoms with Gasteiger partial charge in [0.1, 0.15) is 5.82 Å². The molecule has 1 aliphatic carbocycles. The van der Waals surface area contributed by atoms with E-state index in [1.807, 2.05) is 24.8 Å². The van der Waals surface area contributed by atoms with Crippen molar-refractivity contribution < 1.29 is 4.79 Å². The molecule has 2 unspecified atom stereocenters. The molecule has 2 rings (SSSR count). The Morgan fingerprint density at radius 2 is 2.25 bits per heavy atom. The minimum Gasteiger partial charge on any atom is -0.384 e. The number of nitrogens with one attached hydrogen (secondary N) is 1. The quantitative estimate of drug-likeness (QED) is 0.875. The average Bonchev–Trinajstić information content (AvgIpc) is 2.85. The molecule has 20 heavy (non-hydrogen) atoms. The van der Waals surface area contributed by atoms with Crippen LogP contribution in [0.1, 0.15) is 49.2 Å². The van der Waals surface area contributed by atoms with Crippen molar-refractivity contribution in [2.24, 2.45) is 0 Å². The van der Waals surface area contributed by atoms with Gasteiger partial charge >= 0.3 is 0 Å². The van der Waals surface area contributed by atoms with Crippen LogP contribution in [0, 0.1) is 0 Å². The summed E-state index contributed by atoms with van der Waals surface area (Å²) in [5, 5.41) is 3.72. The largest absolute Gasteiger partial charge is 0.384 e. The molecule has 1 fully saturated rings. The van der Waals surface area contributed by atoms with Crippen LogP contribution in [0.4, 0.5) is 5.82 Å². The van der Waals surface area contributed by atoms with Crippen molar-refractivity contribution in [2.45, 2.75) is 50.8 Å². The van der Waals surface area contributed by atoms with Crippen LogP contribution < -0.4 is 11.1 Å². The summed E-state index contributed by atoms with van der Waals surface area (Å²) in [4.78, 5) is 16.6. The summed E-state index contributed by atoms with van der Waals surface area (Å²) in [6, 6.07) is 3.78. The third-order valence-corrected chi connectivity index (χ3v) is 5.00. The van der Waals surface area contributed by atoms with Gasteiger partial charge < -0.3 is 11.1 Å². The van der Waals surface area contributed by atoms with Crippen LogP contribution in [0.3, 0.4) is 0 Å². The summed E-state index contributed by atoms with van der Waals surface area (Å²) in [5.41, 5.74) is 7.25. The maximum absolute atomic E-state index is 12.4. The number of hydrogen-bond acceptors (Lipinski definition) is 4. The minimum atomic E-state index is -0.0256. The third-order valence-electron chi connectivity index (χ3n) is 3.67. The summed E-state index contributed by atoms with van der Waals surface area (Å²) in [6.07, 6.45) is 4.25. The first-order chi connectivity index (χ1) is 9.63. The first-order valence-electron chi connectivity index (χ1n) is 7.33. The SMILES string of the molecule is CCSC1CCCC1NC(=O)c1cc(N)nc(CC)c1. The van der Waals surface area contributed by atoms with Gasteiger partial charge in [-0.2, -0.15) is 11.8 Å². The molecule has 1 aromatic rings. The lowest BCUT2D eigenvalue weighted by molar-refractivity contribution is 0.0938. The van der Waals surface area contributed by atoms with Gasteiger partial charge in [-0.1, -0.05) is 20.3 Å². The van der Waals surface area contributed by atoms with Gasteiger partial charge in [0.15, 0.2) is 0 Å². The van der Waals surface area contributed by atoms with Crippen molar-refractivity contribution in [1.82, 2.24) is 10.3 Å². The lowest BCUT2D eigenvalue weighted by atomic mass is 10.1. The molecular weight excluding hydrogens is 270 g/mol. The van der Waals surface area contributed by atoms with E-state index in [9.17, 15) is 4.79 Å². The van der Waals surface area contributed by atoms with Crippen LogP contribution in [0.2, 0.25) is 0 Å². The van der Waals surface area contributed by atoms with Crippen LogP contribution in [0.25, 0.3) is 0 Å². The molecule has 1 amide bonds. The van der Waals surface area contributed by atoms with E-state index in [1.165, 1.54) is 12.8 Å². The molecule has 0 spiro atoms. The second-order valence-electron chi connectivity index (χ2n) is 5.13. The maximum atomic E-state index is 12.4. The third kappa shape index (κ3) is 3.66. The minimum absolute atomic E-state index is 0.0256. The van der Waals surface area contributed by atoms with E-state index in [2.05, 4.69) is 17.2 Å². The molecule has 1 aliphatic rings. The highest BCUT2D eigenvalue weighted by molar-refractivity contribution is 7.99. The Labute approximate surface area is 124 Å². The van der Waals surface area contributed by atoms with Gasteiger partial charge in [-0.15, -0.1) is 0 Å².